The number of ether oxygens (including phenoxy) is 1. The average molecular weight is 630 g/mol. The standard InChI is InChI=1S/C28H42Cl2N6O3S.CH4/c1-28(2,3)36-13-11-35(12-14-36)25-17-26(39-5)23(16-20(25)29)33-27-31-18-21(30)22(32-27)15-19-9-7-8-10-24(19)34(4)40(6,37)38;/h16-19,24H,7-15H2,1-6H3,(H,31,32,33);1H4/t19-,24+;/m0./s1. The van der Waals surface area contributed by atoms with E-state index in [0.717, 1.165) is 57.5 Å². The second-order valence-electron chi connectivity index (χ2n) is 11.9. The van der Waals surface area contributed by atoms with E-state index in [1.54, 1.807) is 20.4 Å². The van der Waals surface area contributed by atoms with Gasteiger partial charge >= 0.3 is 0 Å². The van der Waals surface area contributed by atoms with Crippen molar-refractivity contribution in [1.29, 1.82) is 0 Å². The van der Waals surface area contributed by atoms with E-state index in [-0.39, 0.29) is 24.9 Å². The Labute approximate surface area is 256 Å². The zero-order valence-electron chi connectivity index (χ0n) is 24.4. The van der Waals surface area contributed by atoms with Crippen LogP contribution in [0.1, 0.15) is 59.6 Å². The Kier molecular flexibility index (Phi) is 11.2. The van der Waals surface area contributed by atoms with Crippen LogP contribution in [0.2, 0.25) is 10.0 Å². The Morgan fingerprint density at radius 2 is 1.76 bits per heavy atom. The van der Waals surface area contributed by atoms with Gasteiger partial charge in [-0.2, -0.15) is 0 Å². The van der Waals surface area contributed by atoms with Crippen LogP contribution < -0.4 is 15.0 Å². The fourth-order valence-corrected chi connectivity index (χ4v) is 7.02. The van der Waals surface area contributed by atoms with E-state index in [0.29, 0.717) is 39.5 Å². The van der Waals surface area contributed by atoms with Crippen LogP contribution in [0.5, 0.6) is 5.75 Å². The monoisotopic (exact) mass is 628 g/mol. The summed E-state index contributed by atoms with van der Waals surface area (Å²) in [6, 6.07) is 3.73. The number of piperazine rings is 1. The van der Waals surface area contributed by atoms with Crippen molar-refractivity contribution in [2.75, 3.05) is 56.8 Å². The van der Waals surface area contributed by atoms with E-state index in [9.17, 15) is 8.42 Å². The van der Waals surface area contributed by atoms with Gasteiger partial charge in [-0.25, -0.2) is 22.7 Å². The summed E-state index contributed by atoms with van der Waals surface area (Å²) in [4.78, 5) is 13.9. The van der Waals surface area contributed by atoms with Crippen molar-refractivity contribution in [3.8, 4) is 5.75 Å². The maximum atomic E-state index is 12.3. The molecule has 1 aliphatic carbocycles. The summed E-state index contributed by atoms with van der Waals surface area (Å²) in [5, 5.41) is 4.35. The molecule has 41 heavy (non-hydrogen) atoms. The first-order valence-corrected chi connectivity index (χ1v) is 16.5. The van der Waals surface area contributed by atoms with Crippen molar-refractivity contribution in [2.45, 2.75) is 71.9 Å². The topological polar surface area (TPSA) is 90.9 Å². The van der Waals surface area contributed by atoms with Crippen molar-refractivity contribution in [3.05, 3.63) is 34.1 Å². The van der Waals surface area contributed by atoms with Crippen LogP contribution in [-0.2, 0) is 16.4 Å². The summed E-state index contributed by atoms with van der Waals surface area (Å²) in [6.07, 6.45) is 7.22. The van der Waals surface area contributed by atoms with Gasteiger partial charge in [0, 0.05) is 50.9 Å². The Balaban J connectivity index is 0.00000462. The number of benzene rings is 1. The largest absolute Gasteiger partial charge is 0.494 e. The van der Waals surface area contributed by atoms with Crippen molar-refractivity contribution in [3.63, 3.8) is 0 Å². The number of hydrogen-bond acceptors (Lipinski definition) is 8. The zero-order chi connectivity index (χ0) is 29.2. The molecule has 2 fully saturated rings. The van der Waals surface area contributed by atoms with Crippen molar-refractivity contribution in [2.24, 2.45) is 5.92 Å². The van der Waals surface area contributed by atoms with E-state index in [4.69, 9.17) is 32.9 Å². The molecule has 2 aliphatic rings. The first-order valence-electron chi connectivity index (χ1n) is 13.9. The molecule has 0 amide bonds. The number of methoxy groups -OCH3 is 1. The second kappa shape index (κ2) is 13.6. The minimum atomic E-state index is -3.30. The molecule has 1 saturated heterocycles. The third-order valence-electron chi connectivity index (χ3n) is 8.22. The lowest BCUT2D eigenvalue weighted by Crippen LogP contribution is -2.53. The predicted molar refractivity (Wildman–Crippen MR) is 171 cm³/mol. The molecule has 1 aromatic heterocycles. The molecule has 9 nitrogen and oxygen atoms in total. The SMILES string of the molecule is C.COc1cc(N2CCN(C(C)(C)C)CC2)c(Cl)cc1Nc1ncc(Cl)c(C[C@@H]2CCCC[C@H]2N(C)S(C)(=O)=O)n1. The first-order chi connectivity index (χ1) is 18.8. The maximum Gasteiger partial charge on any atom is 0.227 e. The van der Waals surface area contributed by atoms with Crippen LogP contribution in [0.25, 0.3) is 0 Å². The number of anilines is 3. The van der Waals surface area contributed by atoms with Gasteiger partial charge in [0.25, 0.3) is 0 Å². The van der Waals surface area contributed by atoms with Gasteiger partial charge in [-0.3, -0.25) is 4.90 Å². The molecule has 2 heterocycles. The fourth-order valence-electron chi connectivity index (χ4n) is 5.80. The molecule has 1 saturated carbocycles. The summed E-state index contributed by atoms with van der Waals surface area (Å²) >= 11 is 13.3. The molecule has 1 aromatic carbocycles. The summed E-state index contributed by atoms with van der Waals surface area (Å²) in [5.74, 6) is 1.14. The number of rotatable bonds is 8. The van der Waals surface area contributed by atoms with Crippen LogP contribution in [0.3, 0.4) is 0 Å². The van der Waals surface area contributed by atoms with Crippen LogP contribution in [-0.4, -0.2) is 85.8 Å². The molecule has 1 aliphatic heterocycles. The molecule has 0 bridgehead atoms. The molecule has 230 valence electrons. The Bertz CT molecular complexity index is 1300. The average Bonchev–Trinajstić information content (AvgIpc) is 2.90. The van der Waals surface area contributed by atoms with Gasteiger partial charge in [0.05, 0.1) is 46.7 Å². The maximum absolute atomic E-state index is 12.3. The molecular formula is C29H46Cl2N6O3S. The quantitative estimate of drug-likeness (QED) is 0.376. The molecule has 0 spiro atoms. The minimum absolute atomic E-state index is 0. The Hall–Kier alpha value is -1.85. The van der Waals surface area contributed by atoms with Gasteiger partial charge < -0.3 is 15.0 Å². The number of aromatic nitrogens is 2. The fraction of sp³-hybridized carbons (Fsp3) is 0.655. The van der Waals surface area contributed by atoms with Crippen molar-refractivity contribution >= 4 is 50.5 Å². The highest BCUT2D eigenvalue weighted by Crippen LogP contribution is 2.39. The van der Waals surface area contributed by atoms with Gasteiger partial charge in [0.2, 0.25) is 16.0 Å². The summed E-state index contributed by atoms with van der Waals surface area (Å²) < 4.78 is 31.7. The van der Waals surface area contributed by atoms with Crippen LogP contribution in [0, 0.1) is 5.92 Å². The first kappa shape index (κ1) is 33.6. The van der Waals surface area contributed by atoms with E-state index < -0.39 is 10.0 Å². The summed E-state index contributed by atoms with van der Waals surface area (Å²) in [5.41, 5.74) is 2.43. The van der Waals surface area contributed by atoms with Gasteiger partial charge in [-0.1, -0.05) is 43.5 Å². The molecule has 1 N–H and O–H groups in total. The molecule has 2 atom stereocenters. The van der Waals surface area contributed by atoms with Gasteiger partial charge in [0.15, 0.2) is 0 Å². The molecule has 12 heteroatoms. The third-order valence-corrected chi connectivity index (χ3v) is 10.2. The van der Waals surface area contributed by atoms with Gasteiger partial charge in [-0.15, -0.1) is 0 Å². The highest BCUT2D eigenvalue weighted by molar-refractivity contribution is 7.88. The van der Waals surface area contributed by atoms with E-state index in [1.165, 1.54) is 10.6 Å². The molecule has 0 radical (unpaired) electrons. The summed E-state index contributed by atoms with van der Waals surface area (Å²) in [7, 11) is -0.00256. The van der Waals surface area contributed by atoms with Crippen LogP contribution in [0.15, 0.2) is 18.3 Å². The van der Waals surface area contributed by atoms with E-state index in [2.05, 4.69) is 40.9 Å². The van der Waals surface area contributed by atoms with Crippen LogP contribution in [0.4, 0.5) is 17.3 Å². The smallest absolute Gasteiger partial charge is 0.227 e. The Morgan fingerprint density at radius 3 is 2.37 bits per heavy atom. The number of nitrogens with one attached hydrogen (secondary N) is 1. The lowest BCUT2D eigenvalue weighted by Gasteiger charge is -2.43. The number of sulfonamides is 1. The minimum Gasteiger partial charge on any atom is -0.494 e. The van der Waals surface area contributed by atoms with E-state index in [1.807, 2.05) is 12.1 Å². The highest BCUT2D eigenvalue weighted by Gasteiger charge is 2.33. The van der Waals surface area contributed by atoms with Crippen molar-refractivity contribution in [1.82, 2.24) is 19.2 Å². The van der Waals surface area contributed by atoms with Gasteiger partial charge in [0.1, 0.15) is 5.75 Å². The zero-order valence-corrected chi connectivity index (χ0v) is 26.7. The molecule has 2 aromatic rings. The van der Waals surface area contributed by atoms with Crippen molar-refractivity contribution < 1.29 is 13.2 Å². The molecule has 0 unspecified atom stereocenters. The number of hydrogen-bond donors (Lipinski definition) is 1. The Morgan fingerprint density at radius 1 is 1.10 bits per heavy atom. The highest BCUT2D eigenvalue weighted by atomic mass is 35.5. The normalized spacial score (nSPS) is 20.6. The predicted octanol–water partition coefficient (Wildman–Crippen LogP) is 6.08. The second-order valence-corrected chi connectivity index (χ2v) is 14.7. The number of nitrogens with zero attached hydrogens (tertiary/aromatic N) is 5. The molecule has 4 rings (SSSR count). The molecular weight excluding hydrogens is 583 g/mol. The van der Waals surface area contributed by atoms with Gasteiger partial charge in [-0.05, 0) is 52.0 Å². The van der Waals surface area contributed by atoms with Crippen LogP contribution >= 0.6 is 23.2 Å². The summed E-state index contributed by atoms with van der Waals surface area (Å²) in [6.45, 7) is 10.4. The third kappa shape index (κ3) is 8.16. The van der Waals surface area contributed by atoms with E-state index >= 15 is 0 Å². The lowest BCUT2D eigenvalue weighted by atomic mass is 9.81. The number of halogens is 2. The lowest BCUT2D eigenvalue weighted by molar-refractivity contribution is 0.128.